The zero-order valence-electron chi connectivity index (χ0n) is 14.0. The van der Waals surface area contributed by atoms with E-state index in [1.54, 1.807) is 59.5 Å². The molecule has 1 aliphatic rings. The number of benzene rings is 2. The van der Waals surface area contributed by atoms with E-state index >= 15 is 0 Å². The summed E-state index contributed by atoms with van der Waals surface area (Å²) in [5.41, 5.74) is 0.497. The predicted molar refractivity (Wildman–Crippen MR) is 97.8 cm³/mol. The second-order valence-electron chi connectivity index (χ2n) is 6.10. The predicted octanol–water partition coefficient (Wildman–Crippen LogP) is 2.89. The number of sulfonamides is 1. The minimum atomic E-state index is -3.80. The third-order valence-corrected chi connectivity index (χ3v) is 6.15. The molecule has 1 fully saturated rings. The molecule has 0 saturated carbocycles. The molecule has 0 unspecified atom stereocenters. The SMILES string of the molecule is O=C(CN(c1ccccc1)S(=O)(=O)c1ccccc1)N1CCCCC1. The van der Waals surface area contributed by atoms with Gasteiger partial charge in [-0.25, -0.2) is 8.42 Å². The molecule has 1 aliphatic heterocycles. The van der Waals surface area contributed by atoms with E-state index in [-0.39, 0.29) is 17.3 Å². The van der Waals surface area contributed by atoms with Gasteiger partial charge in [-0.1, -0.05) is 36.4 Å². The molecule has 0 bridgehead atoms. The van der Waals surface area contributed by atoms with Crippen molar-refractivity contribution in [2.75, 3.05) is 23.9 Å². The van der Waals surface area contributed by atoms with Gasteiger partial charge in [0, 0.05) is 13.1 Å². The average Bonchev–Trinajstić information content (AvgIpc) is 2.68. The molecule has 0 spiro atoms. The minimum Gasteiger partial charge on any atom is -0.341 e. The highest BCUT2D eigenvalue weighted by Gasteiger charge is 2.29. The maximum atomic E-state index is 13.1. The summed E-state index contributed by atoms with van der Waals surface area (Å²) in [6, 6.07) is 17.0. The van der Waals surface area contributed by atoms with E-state index in [9.17, 15) is 13.2 Å². The van der Waals surface area contributed by atoms with E-state index in [4.69, 9.17) is 0 Å². The van der Waals surface area contributed by atoms with Crippen molar-refractivity contribution < 1.29 is 13.2 Å². The van der Waals surface area contributed by atoms with Crippen LogP contribution in [0.4, 0.5) is 5.69 Å². The van der Waals surface area contributed by atoms with Gasteiger partial charge < -0.3 is 4.90 Å². The van der Waals surface area contributed by atoms with Crippen molar-refractivity contribution in [1.82, 2.24) is 4.90 Å². The summed E-state index contributed by atoms with van der Waals surface area (Å²) >= 11 is 0. The van der Waals surface area contributed by atoms with Crippen LogP contribution in [0.2, 0.25) is 0 Å². The van der Waals surface area contributed by atoms with Crippen molar-refractivity contribution in [1.29, 1.82) is 0 Å². The smallest absolute Gasteiger partial charge is 0.264 e. The van der Waals surface area contributed by atoms with Crippen LogP contribution < -0.4 is 4.31 Å². The molecule has 2 aromatic carbocycles. The first-order valence-corrected chi connectivity index (χ1v) is 9.94. The van der Waals surface area contributed by atoms with E-state index in [1.165, 1.54) is 4.31 Å². The molecule has 5 nitrogen and oxygen atoms in total. The van der Waals surface area contributed by atoms with Gasteiger partial charge in [0.05, 0.1) is 10.6 Å². The molecule has 25 heavy (non-hydrogen) atoms. The van der Waals surface area contributed by atoms with Crippen LogP contribution in [0.5, 0.6) is 0 Å². The number of piperidine rings is 1. The summed E-state index contributed by atoms with van der Waals surface area (Å²) in [5.74, 6) is -0.150. The van der Waals surface area contributed by atoms with Gasteiger partial charge >= 0.3 is 0 Å². The first-order chi connectivity index (χ1) is 12.1. The highest BCUT2D eigenvalue weighted by atomic mass is 32.2. The molecular formula is C19H22N2O3S. The van der Waals surface area contributed by atoms with E-state index < -0.39 is 10.0 Å². The standard InChI is InChI=1S/C19H22N2O3S/c22-19(20-14-8-3-9-15-20)16-21(17-10-4-1-5-11-17)25(23,24)18-12-6-2-7-13-18/h1-2,4-7,10-13H,3,8-9,14-16H2. The maximum absolute atomic E-state index is 13.1. The Morgan fingerprint density at radius 2 is 1.44 bits per heavy atom. The lowest BCUT2D eigenvalue weighted by molar-refractivity contribution is -0.130. The zero-order valence-corrected chi connectivity index (χ0v) is 14.9. The molecule has 0 radical (unpaired) electrons. The number of hydrogen-bond donors (Lipinski definition) is 0. The Kier molecular flexibility index (Phi) is 5.38. The van der Waals surface area contributed by atoms with Gasteiger partial charge in [0.15, 0.2) is 0 Å². The molecule has 132 valence electrons. The van der Waals surface area contributed by atoms with E-state index in [0.29, 0.717) is 18.8 Å². The summed E-state index contributed by atoms with van der Waals surface area (Å²) in [4.78, 5) is 14.6. The fourth-order valence-corrected chi connectivity index (χ4v) is 4.43. The maximum Gasteiger partial charge on any atom is 0.264 e. The van der Waals surface area contributed by atoms with Gasteiger partial charge in [0.1, 0.15) is 6.54 Å². The fourth-order valence-electron chi connectivity index (χ4n) is 3.00. The topological polar surface area (TPSA) is 57.7 Å². The number of rotatable bonds is 5. The number of likely N-dealkylation sites (tertiary alicyclic amines) is 1. The third-order valence-electron chi connectivity index (χ3n) is 4.36. The van der Waals surface area contributed by atoms with Gasteiger partial charge in [0.25, 0.3) is 10.0 Å². The van der Waals surface area contributed by atoms with Gasteiger partial charge in [-0.2, -0.15) is 0 Å². The van der Waals surface area contributed by atoms with Crippen LogP contribution >= 0.6 is 0 Å². The molecule has 6 heteroatoms. The van der Waals surface area contributed by atoms with E-state index in [0.717, 1.165) is 19.3 Å². The number of amides is 1. The lowest BCUT2D eigenvalue weighted by Crippen LogP contribution is -2.44. The molecule has 3 rings (SSSR count). The fraction of sp³-hybridized carbons (Fsp3) is 0.316. The highest BCUT2D eigenvalue weighted by molar-refractivity contribution is 7.92. The molecule has 0 N–H and O–H groups in total. The monoisotopic (exact) mass is 358 g/mol. The van der Waals surface area contributed by atoms with Crippen LogP contribution in [0.3, 0.4) is 0 Å². The minimum absolute atomic E-state index is 0.150. The Morgan fingerprint density at radius 1 is 0.880 bits per heavy atom. The van der Waals surface area contributed by atoms with Gasteiger partial charge in [0.2, 0.25) is 5.91 Å². The van der Waals surface area contributed by atoms with Gasteiger partial charge in [-0.3, -0.25) is 9.10 Å². The Morgan fingerprint density at radius 3 is 2.04 bits per heavy atom. The van der Waals surface area contributed by atoms with Crippen LogP contribution in [0.1, 0.15) is 19.3 Å². The van der Waals surface area contributed by atoms with Crippen LogP contribution in [0.25, 0.3) is 0 Å². The Balaban J connectivity index is 1.92. The second-order valence-corrected chi connectivity index (χ2v) is 7.96. The molecule has 0 aliphatic carbocycles. The summed E-state index contributed by atoms with van der Waals surface area (Å²) < 4.78 is 27.4. The average molecular weight is 358 g/mol. The van der Waals surface area contributed by atoms with E-state index in [1.807, 2.05) is 6.07 Å². The summed E-state index contributed by atoms with van der Waals surface area (Å²) in [6.45, 7) is 1.22. The number of anilines is 1. The Labute approximate surface area is 148 Å². The van der Waals surface area contributed by atoms with Crippen molar-refractivity contribution in [2.45, 2.75) is 24.2 Å². The van der Waals surface area contributed by atoms with Crippen LogP contribution in [-0.2, 0) is 14.8 Å². The molecule has 1 heterocycles. The van der Waals surface area contributed by atoms with Gasteiger partial charge in [-0.15, -0.1) is 0 Å². The molecule has 0 atom stereocenters. The Bertz CT molecular complexity index is 801. The number of carbonyl (C=O) groups is 1. The van der Waals surface area contributed by atoms with Crippen LogP contribution in [-0.4, -0.2) is 38.9 Å². The van der Waals surface area contributed by atoms with Gasteiger partial charge in [-0.05, 0) is 43.5 Å². The van der Waals surface area contributed by atoms with Crippen molar-refractivity contribution in [2.24, 2.45) is 0 Å². The lowest BCUT2D eigenvalue weighted by Gasteiger charge is -2.30. The third kappa shape index (κ3) is 4.02. The van der Waals surface area contributed by atoms with Crippen LogP contribution in [0, 0.1) is 0 Å². The van der Waals surface area contributed by atoms with E-state index in [2.05, 4.69) is 0 Å². The molecule has 1 amide bonds. The largest absolute Gasteiger partial charge is 0.341 e. The summed E-state index contributed by atoms with van der Waals surface area (Å²) in [6.07, 6.45) is 3.07. The molecule has 0 aromatic heterocycles. The highest BCUT2D eigenvalue weighted by Crippen LogP contribution is 2.23. The quantitative estimate of drug-likeness (QED) is 0.826. The number of hydrogen-bond acceptors (Lipinski definition) is 3. The van der Waals surface area contributed by atoms with Crippen molar-refractivity contribution in [3.8, 4) is 0 Å². The first kappa shape index (κ1) is 17.5. The molecule has 2 aromatic rings. The number of para-hydroxylation sites is 1. The van der Waals surface area contributed by atoms with Crippen molar-refractivity contribution in [3.63, 3.8) is 0 Å². The molecular weight excluding hydrogens is 336 g/mol. The summed E-state index contributed by atoms with van der Waals surface area (Å²) in [7, 11) is -3.80. The molecule has 1 saturated heterocycles. The lowest BCUT2D eigenvalue weighted by atomic mass is 10.1. The normalized spacial score (nSPS) is 15.0. The second kappa shape index (κ2) is 7.70. The first-order valence-electron chi connectivity index (χ1n) is 8.49. The van der Waals surface area contributed by atoms with Crippen LogP contribution in [0.15, 0.2) is 65.6 Å². The zero-order chi connectivity index (χ0) is 17.7. The van der Waals surface area contributed by atoms with Crippen molar-refractivity contribution in [3.05, 3.63) is 60.7 Å². The van der Waals surface area contributed by atoms with Crippen molar-refractivity contribution >= 4 is 21.6 Å². The number of carbonyl (C=O) groups excluding carboxylic acids is 1. The Hall–Kier alpha value is -2.34. The summed E-state index contributed by atoms with van der Waals surface area (Å²) in [5, 5.41) is 0. The number of nitrogens with zero attached hydrogens (tertiary/aromatic N) is 2.